The number of amides is 3. The second-order valence-electron chi connectivity index (χ2n) is 2.86. The maximum absolute atomic E-state index is 11.4. The fourth-order valence-corrected chi connectivity index (χ4v) is 0.923. The highest BCUT2D eigenvalue weighted by molar-refractivity contribution is 5.88. The summed E-state index contributed by atoms with van der Waals surface area (Å²) >= 11 is 0. The van der Waals surface area contributed by atoms with Gasteiger partial charge in [-0.3, -0.25) is 14.4 Å². The number of carbonyl (C=O) groups excluding carboxylic acids is 3. The summed E-state index contributed by atoms with van der Waals surface area (Å²) < 4.78 is 0. The van der Waals surface area contributed by atoms with Crippen LogP contribution in [0.1, 0.15) is 6.92 Å². The van der Waals surface area contributed by atoms with Gasteiger partial charge in [-0.15, -0.1) is 0 Å². The largest absolute Gasteiger partial charge is 0.368 e. The third-order valence-corrected chi connectivity index (χ3v) is 1.70. The van der Waals surface area contributed by atoms with E-state index in [9.17, 15) is 14.4 Å². The fraction of sp³-hybridized carbons (Fsp3) is 0.625. The molecule has 0 rings (SSSR count). The summed E-state index contributed by atoms with van der Waals surface area (Å²) in [6.07, 6.45) is 0. The number of nitrogens with one attached hydrogen (secondary N) is 1. The van der Waals surface area contributed by atoms with Crippen LogP contribution in [0, 0.1) is 0 Å². The molecule has 0 saturated carbocycles. The first-order valence-corrected chi connectivity index (χ1v) is 4.54. The minimum Gasteiger partial charge on any atom is -0.368 e. The van der Waals surface area contributed by atoms with Crippen molar-refractivity contribution < 1.29 is 14.4 Å². The van der Waals surface area contributed by atoms with E-state index in [1.54, 1.807) is 6.92 Å². The van der Waals surface area contributed by atoms with Crippen LogP contribution < -0.4 is 16.8 Å². The van der Waals surface area contributed by atoms with E-state index >= 15 is 0 Å². The molecule has 0 spiro atoms. The molecule has 0 unspecified atom stereocenters. The van der Waals surface area contributed by atoms with Crippen molar-refractivity contribution >= 4 is 17.7 Å². The Morgan fingerprint density at radius 1 is 1.33 bits per heavy atom. The Morgan fingerprint density at radius 2 is 1.93 bits per heavy atom. The molecule has 0 bridgehead atoms. The van der Waals surface area contributed by atoms with Crippen molar-refractivity contribution in [2.45, 2.75) is 6.92 Å². The van der Waals surface area contributed by atoms with Crippen molar-refractivity contribution in [1.29, 1.82) is 0 Å². The number of nitrogens with two attached hydrogens (primary N) is 2. The average Bonchev–Trinajstić information content (AvgIpc) is 2.21. The van der Waals surface area contributed by atoms with Gasteiger partial charge in [0.2, 0.25) is 17.7 Å². The van der Waals surface area contributed by atoms with E-state index in [0.717, 1.165) is 0 Å². The summed E-state index contributed by atoms with van der Waals surface area (Å²) in [7, 11) is 0. The first-order chi connectivity index (χ1) is 7.01. The molecular weight excluding hydrogens is 200 g/mol. The number of nitrogens with zero attached hydrogens (tertiary/aromatic N) is 1. The van der Waals surface area contributed by atoms with E-state index in [1.807, 2.05) is 0 Å². The van der Waals surface area contributed by atoms with Crippen molar-refractivity contribution in [3.63, 3.8) is 0 Å². The Balaban J connectivity index is 4.04. The number of likely N-dealkylation sites (N-methyl/N-ethyl adjacent to an activating group) is 1. The van der Waals surface area contributed by atoms with Crippen LogP contribution in [0.3, 0.4) is 0 Å². The average molecular weight is 216 g/mol. The number of carbonyl (C=O) groups is 3. The molecule has 0 atom stereocenters. The number of primary amides is 1. The topological polar surface area (TPSA) is 119 Å². The van der Waals surface area contributed by atoms with Crippen LogP contribution in [-0.4, -0.2) is 48.8 Å². The molecule has 3 amide bonds. The lowest BCUT2D eigenvalue weighted by atomic mass is 10.4. The Hall–Kier alpha value is -1.63. The van der Waals surface area contributed by atoms with Gasteiger partial charge in [0.1, 0.15) is 0 Å². The lowest BCUT2D eigenvalue weighted by Crippen LogP contribution is -2.44. The standard InChI is InChI=1S/C8H16N4O3/c1-2-12(5-6(10)13)8(15)4-11-7(14)3-9/h2-5,9H2,1H3,(H2,10,13)(H,11,14). The molecule has 0 aromatic heterocycles. The molecule has 0 aliphatic carbocycles. The van der Waals surface area contributed by atoms with Crippen molar-refractivity contribution in [3.8, 4) is 0 Å². The van der Waals surface area contributed by atoms with Gasteiger partial charge in [0.15, 0.2) is 0 Å². The summed E-state index contributed by atoms with van der Waals surface area (Å²) in [6.45, 7) is 1.59. The molecule has 0 aromatic carbocycles. The second-order valence-corrected chi connectivity index (χ2v) is 2.86. The maximum Gasteiger partial charge on any atom is 0.242 e. The smallest absolute Gasteiger partial charge is 0.242 e. The van der Waals surface area contributed by atoms with Gasteiger partial charge < -0.3 is 21.7 Å². The second kappa shape index (κ2) is 6.77. The van der Waals surface area contributed by atoms with Gasteiger partial charge in [0.05, 0.1) is 19.6 Å². The van der Waals surface area contributed by atoms with Gasteiger partial charge in [0, 0.05) is 6.54 Å². The molecule has 86 valence electrons. The van der Waals surface area contributed by atoms with E-state index in [0.29, 0.717) is 6.54 Å². The highest BCUT2D eigenvalue weighted by Crippen LogP contribution is 1.87. The van der Waals surface area contributed by atoms with Crippen LogP contribution in [0.25, 0.3) is 0 Å². The summed E-state index contributed by atoms with van der Waals surface area (Å²) in [5, 5.41) is 2.31. The van der Waals surface area contributed by atoms with Crippen LogP contribution in [0.15, 0.2) is 0 Å². The van der Waals surface area contributed by atoms with Gasteiger partial charge >= 0.3 is 0 Å². The summed E-state index contributed by atoms with van der Waals surface area (Å²) in [5.74, 6) is -1.37. The Morgan fingerprint density at radius 3 is 2.33 bits per heavy atom. The first-order valence-electron chi connectivity index (χ1n) is 4.54. The van der Waals surface area contributed by atoms with E-state index in [1.165, 1.54) is 4.90 Å². The number of rotatable bonds is 6. The van der Waals surface area contributed by atoms with Crippen LogP contribution >= 0.6 is 0 Å². The van der Waals surface area contributed by atoms with Gasteiger partial charge in [-0.05, 0) is 6.92 Å². The monoisotopic (exact) mass is 216 g/mol. The number of hydrogen-bond acceptors (Lipinski definition) is 4. The van der Waals surface area contributed by atoms with Gasteiger partial charge in [-0.25, -0.2) is 0 Å². The van der Waals surface area contributed by atoms with Crippen LogP contribution in [0.5, 0.6) is 0 Å². The molecule has 0 aromatic rings. The predicted octanol–water partition coefficient (Wildman–Crippen LogP) is -2.60. The minimum atomic E-state index is -0.588. The van der Waals surface area contributed by atoms with Crippen LogP contribution in [0.4, 0.5) is 0 Å². The Bertz CT molecular complexity index is 254. The molecule has 0 aliphatic rings. The molecule has 5 N–H and O–H groups in total. The molecule has 0 aliphatic heterocycles. The SMILES string of the molecule is CCN(CC(N)=O)C(=O)CNC(=O)CN. The molecule has 7 heteroatoms. The molecule has 7 nitrogen and oxygen atoms in total. The third kappa shape index (κ3) is 5.63. The lowest BCUT2D eigenvalue weighted by Gasteiger charge is -2.18. The van der Waals surface area contributed by atoms with Gasteiger partial charge in [0.25, 0.3) is 0 Å². The lowest BCUT2D eigenvalue weighted by molar-refractivity contribution is -0.135. The maximum atomic E-state index is 11.4. The molecule has 15 heavy (non-hydrogen) atoms. The molecular formula is C8H16N4O3. The zero-order chi connectivity index (χ0) is 11.8. The van der Waals surface area contributed by atoms with E-state index in [4.69, 9.17) is 11.5 Å². The molecule has 0 saturated heterocycles. The summed E-state index contributed by atoms with van der Waals surface area (Å²) in [4.78, 5) is 34.0. The Kier molecular flexibility index (Phi) is 6.03. The van der Waals surface area contributed by atoms with Crippen molar-refractivity contribution in [2.75, 3.05) is 26.2 Å². The summed E-state index contributed by atoms with van der Waals surface area (Å²) in [6, 6.07) is 0. The quantitative estimate of drug-likeness (QED) is 0.451. The fourth-order valence-electron chi connectivity index (χ4n) is 0.923. The zero-order valence-electron chi connectivity index (χ0n) is 8.66. The molecule has 0 fully saturated rings. The summed E-state index contributed by atoms with van der Waals surface area (Å²) in [5.41, 5.74) is 9.99. The third-order valence-electron chi connectivity index (χ3n) is 1.70. The Labute approximate surface area is 87.8 Å². The van der Waals surface area contributed by atoms with Crippen molar-refractivity contribution in [1.82, 2.24) is 10.2 Å². The zero-order valence-corrected chi connectivity index (χ0v) is 8.66. The highest BCUT2D eigenvalue weighted by Gasteiger charge is 2.13. The highest BCUT2D eigenvalue weighted by atomic mass is 16.2. The molecule has 0 heterocycles. The normalized spacial score (nSPS) is 9.47. The van der Waals surface area contributed by atoms with Crippen molar-refractivity contribution in [3.05, 3.63) is 0 Å². The van der Waals surface area contributed by atoms with Gasteiger partial charge in [-0.2, -0.15) is 0 Å². The minimum absolute atomic E-state index is 0.145. The first kappa shape index (κ1) is 13.4. The predicted molar refractivity (Wildman–Crippen MR) is 53.5 cm³/mol. The van der Waals surface area contributed by atoms with Gasteiger partial charge in [-0.1, -0.05) is 0 Å². The van der Waals surface area contributed by atoms with Crippen LogP contribution in [-0.2, 0) is 14.4 Å². The molecule has 0 radical (unpaired) electrons. The van der Waals surface area contributed by atoms with E-state index in [2.05, 4.69) is 5.32 Å². The van der Waals surface area contributed by atoms with E-state index < -0.39 is 11.8 Å². The van der Waals surface area contributed by atoms with Crippen molar-refractivity contribution in [2.24, 2.45) is 11.5 Å². The number of hydrogen-bond donors (Lipinski definition) is 3. The van der Waals surface area contributed by atoms with E-state index in [-0.39, 0.29) is 25.5 Å². The van der Waals surface area contributed by atoms with Crippen LogP contribution in [0.2, 0.25) is 0 Å².